The first-order valence-electron chi connectivity index (χ1n) is 24.6. The number of carboxylic acids is 1. The Morgan fingerprint density at radius 1 is 0.963 bits per heavy atom. The first-order valence-corrected chi connectivity index (χ1v) is 29.9. The number of hydrogen-bond acceptors (Lipinski definition) is 25. The number of fused-ring (bicyclic) bond motifs is 4. The summed E-state index contributed by atoms with van der Waals surface area (Å²) in [5.74, 6) is -3.82. The van der Waals surface area contributed by atoms with Gasteiger partial charge >= 0.3 is 25.6 Å². The molecule has 9 rings (SSSR count). The van der Waals surface area contributed by atoms with Gasteiger partial charge < -0.3 is 83.6 Å². The first kappa shape index (κ1) is 59.5. The van der Waals surface area contributed by atoms with Crippen LogP contribution in [0.1, 0.15) is 47.0 Å². The van der Waals surface area contributed by atoms with E-state index in [1.54, 1.807) is 24.3 Å². The summed E-state index contributed by atoms with van der Waals surface area (Å²) in [4.78, 5) is 96.5. The van der Waals surface area contributed by atoms with E-state index >= 15 is 0 Å². The summed E-state index contributed by atoms with van der Waals surface area (Å²) in [5, 5.41) is 57.0. The molecular weight excluding hydrogens is 1150 g/mol. The number of imidazole rings is 1. The Morgan fingerprint density at radius 2 is 1.75 bits per heavy atom. The number of benzene rings is 2. The van der Waals surface area contributed by atoms with E-state index in [1.165, 1.54) is 48.4 Å². The summed E-state index contributed by atoms with van der Waals surface area (Å²) >= 11 is 9.57. The minimum Gasteiger partial charge on any atom is -0.479 e. The number of amides is 3. The van der Waals surface area contributed by atoms with Crippen molar-refractivity contribution in [3.05, 3.63) is 94.4 Å². The molecule has 436 valence electrons. The molecule has 4 aliphatic rings. The number of carboxylic acid groups (broad SMARTS) is 1. The first-order chi connectivity index (χ1) is 38.6. The highest BCUT2D eigenvalue weighted by molar-refractivity contribution is 8.44. The number of aromatic amines is 1. The number of aromatic nitrogens is 6. The van der Waals surface area contributed by atoms with E-state index in [-0.39, 0.29) is 85.6 Å². The molecule has 2 bridgehead atoms. The van der Waals surface area contributed by atoms with Crippen LogP contribution in [-0.4, -0.2) is 177 Å². The predicted molar refractivity (Wildman–Crippen MR) is 282 cm³/mol. The number of nitrogens with two attached hydrogens (primary N) is 1. The molecule has 1 aliphatic carbocycles. The normalized spacial score (nSPS) is 30.4. The zero-order valence-electron chi connectivity index (χ0n) is 42.3. The van der Waals surface area contributed by atoms with E-state index in [9.17, 15) is 59.0 Å². The molecule has 14 atom stereocenters. The maximum absolute atomic E-state index is 14.0. The van der Waals surface area contributed by atoms with Crippen molar-refractivity contribution in [1.82, 2.24) is 34.4 Å². The number of ether oxygens (including phenoxy) is 5. The molecule has 4 fully saturated rings. The zero-order chi connectivity index (χ0) is 57.9. The van der Waals surface area contributed by atoms with Crippen LogP contribution in [0, 0.1) is 5.92 Å². The van der Waals surface area contributed by atoms with Gasteiger partial charge in [-0.3, -0.25) is 33.8 Å². The van der Waals surface area contributed by atoms with Gasteiger partial charge in [-0.25, -0.2) is 29.1 Å². The summed E-state index contributed by atoms with van der Waals surface area (Å²) < 4.78 is 66.9. The summed E-state index contributed by atoms with van der Waals surface area (Å²) in [5.41, 5.74) is 4.86. The molecule has 81 heavy (non-hydrogen) atoms. The highest BCUT2D eigenvalue weighted by Gasteiger charge is 2.52. The van der Waals surface area contributed by atoms with Crippen molar-refractivity contribution in [2.45, 2.75) is 99.9 Å². The second-order valence-corrected chi connectivity index (χ2v) is 24.5. The van der Waals surface area contributed by atoms with Crippen LogP contribution < -0.4 is 31.4 Å². The number of aliphatic carboxylic acids is 1. The Balaban J connectivity index is 0.868. The number of carbonyl (C=O) groups excluding carboxylic acids is 3. The molecule has 6 heterocycles. The predicted octanol–water partition coefficient (Wildman–Crippen LogP) is 0.677. The van der Waals surface area contributed by atoms with E-state index in [2.05, 4.69) is 47.8 Å². The lowest BCUT2D eigenvalue weighted by molar-refractivity contribution is -0.271. The molecule has 1 saturated carbocycles. The summed E-state index contributed by atoms with van der Waals surface area (Å²) in [6.07, 6.45) is -13.5. The van der Waals surface area contributed by atoms with Gasteiger partial charge in [-0.05, 0) is 47.6 Å². The van der Waals surface area contributed by atoms with Gasteiger partial charge in [0.15, 0.2) is 23.5 Å². The fourth-order valence-corrected chi connectivity index (χ4v) is 12.2. The minimum atomic E-state index is -4.39. The number of nitrogens with zero attached hydrogens (tertiary/aromatic N) is 6. The van der Waals surface area contributed by atoms with Crippen LogP contribution in [0.25, 0.3) is 11.2 Å². The fourth-order valence-electron chi connectivity index (χ4n) is 9.18. The number of thiol groups is 1. The molecule has 3 amide bonds. The summed E-state index contributed by atoms with van der Waals surface area (Å²) in [6.45, 7) is -9.90. The Morgan fingerprint density at radius 3 is 2.51 bits per heavy atom. The molecular formula is C46H54N10O21P2S2. The van der Waals surface area contributed by atoms with Gasteiger partial charge in [0.25, 0.3) is 11.5 Å². The maximum atomic E-state index is 14.0. The molecule has 0 radical (unpaired) electrons. The van der Waals surface area contributed by atoms with Crippen LogP contribution in [0.2, 0.25) is 0 Å². The van der Waals surface area contributed by atoms with Gasteiger partial charge in [0.2, 0.25) is 24.0 Å². The fraction of sp³-hybridized carbons (Fsp3) is 0.457. The lowest BCUT2D eigenvalue weighted by atomic mass is 9.99. The van der Waals surface area contributed by atoms with E-state index in [0.717, 1.165) is 11.2 Å². The molecule has 3 aliphatic heterocycles. The van der Waals surface area contributed by atoms with Crippen LogP contribution in [0.5, 0.6) is 11.6 Å². The third-order valence-electron chi connectivity index (χ3n) is 13.1. The van der Waals surface area contributed by atoms with Crippen molar-refractivity contribution in [3.8, 4) is 11.6 Å². The second kappa shape index (κ2) is 25.2. The number of rotatable bonds is 15. The van der Waals surface area contributed by atoms with Gasteiger partial charge in [0.1, 0.15) is 61.4 Å². The van der Waals surface area contributed by atoms with Crippen molar-refractivity contribution < 1.29 is 95.9 Å². The molecule has 3 aromatic heterocycles. The molecule has 2 aromatic carbocycles. The smallest absolute Gasteiger partial charge is 0.410 e. The van der Waals surface area contributed by atoms with E-state index in [4.69, 9.17) is 59.3 Å². The quantitative estimate of drug-likeness (QED) is 0.0507. The third-order valence-corrected chi connectivity index (χ3v) is 16.3. The average molecular weight is 1210 g/mol. The van der Waals surface area contributed by atoms with Crippen molar-refractivity contribution in [2.24, 2.45) is 11.7 Å². The summed E-state index contributed by atoms with van der Waals surface area (Å²) in [6, 6.07) is 11.8. The summed E-state index contributed by atoms with van der Waals surface area (Å²) in [7, 11) is 1.39. The number of carbonyl (C=O) groups is 4. The molecule has 11 N–H and O–H groups in total. The van der Waals surface area contributed by atoms with Crippen molar-refractivity contribution in [3.63, 3.8) is 0 Å². The lowest BCUT2D eigenvalue weighted by Crippen LogP contribution is -2.61. The van der Waals surface area contributed by atoms with Gasteiger partial charge in [-0.2, -0.15) is 4.98 Å². The maximum Gasteiger partial charge on any atom is 0.410 e. The third kappa shape index (κ3) is 14.0. The minimum absolute atomic E-state index is 0.0302. The monoisotopic (exact) mass is 1210 g/mol. The Bertz CT molecular complexity index is 3300. The highest BCUT2D eigenvalue weighted by Crippen LogP contribution is 2.59. The number of H-pyrrole nitrogens is 1. The number of aliphatic hydroxyl groups excluding tert-OH is 4. The number of anilines is 2. The van der Waals surface area contributed by atoms with Gasteiger partial charge in [0, 0.05) is 56.7 Å². The molecule has 5 aromatic rings. The van der Waals surface area contributed by atoms with Gasteiger partial charge in [-0.1, -0.05) is 36.5 Å². The number of aliphatic hydroxyl groups is 4. The van der Waals surface area contributed by atoms with Gasteiger partial charge in [-0.15, -0.1) is 0 Å². The van der Waals surface area contributed by atoms with Gasteiger partial charge in [0.05, 0.1) is 31.3 Å². The van der Waals surface area contributed by atoms with E-state index < -0.39 is 123 Å². The van der Waals surface area contributed by atoms with E-state index in [1.807, 2.05) is 0 Å². The Kier molecular flexibility index (Phi) is 18.5. The lowest BCUT2D eigenvalue weighted by Gasteiger charge is -2.38. The molecule has 0 spiro atoms. The number of hydrogen-bond donors (Lipinski definition) is 11. The van der Waals surface area contributed by atoms with Crippen LogP contribution in [0.3, 0.4) is 0 Å². The number of nitrogens with one attached hydrogen (secondary N) is 3. The Labute approximate surface area is 467 Å². The second-order valence-electron chi connectivity index (χ2n) is 18.8. The Hall–Kier alpha value is -6.10. The molecule has 35 heteroatoms. The topological polar surface area (TPSA) is 432 Å². The standard InChI is InChI=1S/C46H54N10O21P2S2/c1-55(46(66)69-16-21-6-7-27(26(12-21)51-30(57)8-10-47)74-44-36(61)34(59)35(60)38(75-44)43(64)65)15-22-4-2-3-5-25(22)40(62)53-45-52-39-32(41(63)54-45)50-20-56(39)42-37-33(58)29(73-42)18-71-78(67,80)76-28-14-24(72-31-9-11-48-19-49-31)13-23(28)17-70-79(68,81)77-37/h2-7,9,11-12,19-20,23-24,28-29,33-38,42,44,58-61H,8,10,13-18,47H2,1H3,(H,51,57)(H,64,65)(H,67,80)(H,68,81)(H2,52,53,54,62,63)/t23-,24-,28+,29-,33-,34+,35+,36-,37-,38+,42-,44-,78?,79?/m1/s1. The molecule has 3 saturated heterocycles. The largest absolute Gasteiger partial charge is 0.479 e. The zero-order valence-corrected chi connectivity index (χ0v) is 45.8. The van der Waals surface area contributed by atoms with E-state index in [0.29, 0.717) is 11.1 Å². The average Bonchev–Trinajstić information content (AvgIpc) is 3.93. The SMILES string of the molecule is CN(Cc1ccccc1C(=O)Nc1nc2c(ncn2[C@@H]2O[C@@H]3COP(O)(=S)O[C@H]4C[C@H](Oc5ccncn5)C[C@@H]4COP(=O)(S)O[C@@H]2[C@@H]3O)c(=O)[nH]1)C(=O)OCc1ccc(O[C@@H]2O[C@H](C(=O)O)[C@@H](O)[C@H](O)[C@H]2O)c(NC(=O)CCN)c1. The van der Waals surface area contributed by atoms with Crippen molar-refractivity contribution >= 4 is 84.2 Å². The van der Waals surface area contributed by atoms with Crippen LogP contribution in [0.4, 0.5) is 16.4 Å². The highest BCUT2D eigenvalue weighted by atomic mass is 32.7. The van der Waals surface area contributed by atoms with Crippen LogP contribution in [-0.2, 0) is 71.4 Å². The molecule has 31 nitrogen and oxygen atoms in total. The molecule has 2 unspecified atom stereocenters. The van der Waals surface area contributed by atoms with Crippen LogP contribution >= 0.6 is 25.8 Å². The van der Waals surface area contributed by atoms with Crippen molar-refractivity contribution in [1.29, 1.82) is 0 Å². The van der Waals surface area contributed by atoms with Crippen molar-refractivity contribution in [2.75, 3.05) is 37.4 Å². The van der Waals surface area contributed by atoms with Crippen LogP contribution in [0.15, 0.2) is 72.2 Å².